The molecule has 3 nitrogen and oxygen atoms in total. The van der Waals surface area contributed by atoms with Crippen molar-refractivity contribution in [2.24, 2.45) is 0 Å². The molecule has 0 aliphatic rings. The fraction of sp³-hybridized carbons (Fsp3) is 0.381. The highest BCUT2D eigenvalue weighted by Gasteiger charge is 2.15. The monoisotopic (exact) mass is 324 g/mol. The molecule has 0 aliphatic carbocycles. The number of likely N-dealkylation sites (N-methyl/N-ethyl adjacent to an activating group) is 1. The van der Waals surface area contributed by atoms with Gasteiger partial charge >= 0.3 is 0 Å². The van der Waals surface area contributed by atoms with Gasteiger partial charge in [-0.3, -0.25) is 4.79 Å². The van der Waals surface area contributed by atoms with Gasteiger partial charge in [-0.25, -0.2) is 0 Å². The maximum Gasteiger partial charge on any atom is 0.220 e. The van der Waals surface area contributed by atoms with E-state index in [4.69, 9.17) is 0 Å². The summed E-state index contributed by atoms with van der Waals surface area (Å²) in [6.07, 6.45) is 2.35. The molecule has 128 valence electrons. The van der Waals surface area contributed by atoms with Crippen molar-refractivity contribution in [1.29, 1.82) is 0 Å². The lowest BCUT2D eigenvalue weighted by Crippen LogP contribution is -2.34. The molecule has 1 N–H and O–H groups in total. The summed E-state index contributed by atoms with van der Waals surface area (Å²) in [5, 5.41) is 3.08. The molecule has 1 atom stereocenters. The summed E-state index contributed by atoms with van der Waals surface area (Å²) >= 11 is 0. The lowest BCUT2D eigenvalue weighted by molar-refractivity contribution is -0.121. The summed E-state index contributed by atoms with van der Waals surface area (Å²) in [5.41, 5.74) is 3.77. The number of benzene rings is 2. The average molecular weight is 324 g/mol. The molecule has 0 radical (unpaired) electrons. The van der Waals surface area contributed by atoms with Gasteiger partial charge in [-0.2, -0.15) is 0 Å². The number of hydrogen-bond acceptors (Lipinski definition) is 2. The molecule has 0 saturated carbocycles. The molecule has 2 aromatic carbocycles. The van der Waals surface area contributed by atoms with Crippen molar-refractivity contribution < 1.29 is 4.79 Å². The first-order valence-corrected chi connectivity index (χ1v) is 8.66. The lowest BCUT2D eigenvalue weighted by Gasteiger charge is -2.25. The van der Waals surface area contributed by atoms with E-state index >= 15 is 0 Å². The minimum Gasteiger partial charge on any atom is -0.354 e. The highest BCUT2D eigenvalue weighted by molar-refractivity contribution is 5.76. The Labute approximate surface area is 145 Å². The van der Waals surface area contributed by atoms with Crippen LogP contribution in [0.15, 0.2) is 54.6 Å². The minimum absolute atomic E-state index is 0.107. The fourth-order valence-corrected chi connectivity index (χ4v) is 2.78. The molecule has 3 heteroatoms. The number of aryl methyl sites for hydroxylation is 2. The van der Waals surface area contributed by atoms with E-state index in [1.54, 1.807) is 0 Å². The van der Waals surface area contributed by atoms with Gasteiger partial charge in [0.1, 0.15) is 0 Å². The SMILES string of the molecule is CCc1ccc(C(CNC(=O)CCc2ccccc2)N(C)C)cc1. The van der Waals surface area contributed by atoms with E-state index in [0.29, 0.717) is 13.0 Å². The number of nitrogens with one attached hydrogen (secondary N) is 1. The topological polar surface area (TPSA) is 32.3 Å². The van der Waals surface area contributed by atoms with Crippen LogP contribution in [-0.4, -0.2) is 31.4 Å². The summed E-state index contributed by atoms with van der Waals surface area (Å²) in [5.74, 6) is 0.107. The van der Waals surface area contributed by atoms with Crippen LogP contribution in [0, 0.1) is 0 Å². The number of rotatable bonds is 8. The van der Waals surface area contributed by atoms with Gasteiger partial charge in [0.2, 0.25) is 5.91 Å². The van der Waals surface area contributed by atoms with Crippen LogP contribution in [0.1, 0.15) is 36.1 Å². The van der Waals surface area contributed by atoms with Gasteiger partial charge in [-0.05, 0) is 43.6 Å². The number of hydrogen-bond donors (Lipinski definition) is 1. The zero-order valence-corrected chi connectivity index (χ0v) is 15.0. The molecule has 1 unspecified atom stereocenters. The largest absolute Gasteiger partial charge is 0.354 e. The molecule has 0 bridgehead atoms. The summed E-state index contributed by atoms with van der Waals surface area (Å²) in [7, 11) is 4.10. The van der Waals surface area contributed by atoms with Crippen LogP contribution < -0.4 is 5.32 Å². The third-order valence-corrected chi connectivity index (χ3v) is 4.37. The molecular weight excluding hydrogens is 296 g/mol. The number of carbonyl (C=O) groups excluding carboxylic acids is 1. The van der Waals surface area contributed by atoms with Crippen LogP contribution >= 0.6 is 0 Å². The van der Waals surface area contributed by atoms with E-state index in [2.05, 4.69) is 67.6 Å². The quantitative estimate of drug-likeness (QED) is 0.804. The first kappa shape index (κ1) is 18.2. The Bertz CT molecular complexity index is 620. The maximum absolute atomic E-state index is 12.1. The van der Waals surface area contributed by atoms with Crippen molar-refractivity contribution in [1.82, 2.24) is 10.2 Å². The highest BCUT2D eigenvalue weighted by Crippen LogP contribution is 2.18. The Morgan fingerprint density at radius 2 is 1.67 bits per heavy atom. The smallest absolute Gasteiger partial charge is 0.220 e. The molecule has 2 aromatic rings. The molecule has 0 aromatic heterocycles. The highest BCUT2D eigenvalue weighted by atomic mass is 16.1. The molecule has 1 amide bonds. The average Bonchev–Trinajstić information content (AvgIpc) is 2.61. The second-order valence-corrected chi connectivity index (χ2v) is 6.36. The van der Waals surface area contributed by atoms with Crippen LogP contribution in [0.25, 0.3) is 0 Å². The van der Waals surface area contributed by atoms with Crippen LogP contribution in [0.5, 0.6) is 0 Å². The van der Waals surface area contributed by atoms with E-state index < -0.39 is 0 Å². The van der Waals surface area contributed by atoms with Crippen molar-refractivity contribution in [3.8, 4) is 0 Å². The van der Waals surface area contributed by atoms with Crippen molar-refractivity contribution in [2.45, 2.75) is 32.2 Å². The molecule has 0 spiro atoms. The van der Waals surface area contributed by atoms with E-state index in [-0.39, 0.29) is 11.9 Å². The second kappa shape index (κ2) is 9.24. The maximum atomic E-state index is 12.1. The number of carbonyl (C=O) groups is 1. The van der Waals surface area contributed by atoms with Crippen molar-refractivity contribution in [3.05, 3.63) is 71.3 Å². The van der Waals surface area contributed by atoms with Crippen LogP contribution in [0.3, 0.4) is 0 Å². The van der Waals surface area contributed by atoms with Gasteiger partial charge in [0, 0.05) is 13.0 Å². The Kier molecular flexibility index (Phi) is 7.01. The molecule has 24 heavy (non-hydrogen) atoms. The Hall–Kier alpha value is -2.13. The zero-order chi connectivity index (χ0) is 17.4. The van der Waals surface area contributed by atoms with E-state index in [1.807, 2.05) is 18.2 Å². The van der Waals surface area contributed by atoms with Gasteiger partial charge in [0.25, 0.3) is 0 Å². The lowest BCUT2D eigenvalue weighted by atomic mass is 10.0. The van der Waals surface area contributed by atoms with Crippen molar-refractivity contribution in [2.75, 3.05) is 20.6 Å². The van der Waals surface area contributed by atoms with Crippen LogP contribution in [-0.2, 0) is 17.6 Å². The molecule has 0 heterocycles. The predicted molar refractivity (Wildman–Crippen MR) is 100 cm³/mol. The second-order valence-electron chi connectivity index (χ2n) is 6.36. The minimum atomic E-state index is 0.107. The number of amides is 1. The van der Waals surface area contributed by atoms with Gasteiger partial charge < -0.3 is 10.2 Å². The molecule has 0 saturated heterocycles. The van der Waals surface area contributed by atoms with Gasteiger partial charge in [0.05, 0.1) is 6.04 Å². The molecule has 0 fully saturated rings. The molecule has 0 aliphatic heterocycles. The Morgan fingerprint density at radius 1 is 1.00 bits per heavy atom. The Balaban J connectivity index is 1.87. The Morgan fingerprint density at radius 3 is 2.25 bits per heavy atom. The normalized spacial score (nSPS) is 12.2. The van der Waals surface area contributed by atoms with Gasteiger partial charge in [0.15, 0.2) is 0 Å². The standard InChI is InChI=1S/C21H28N2O/c1-4-17-10-13-19(14-11-17)20(23(2)3)16-22-21(24)15-12-18-8-6-5-7-9-18/h5-11,13-14,20H,4,12,15-16H2,1-3H3,(H,22,24). The van der Waals surface area contributed by atoms with E-state index in [0.717, 1.165) is 12.8 Å². The third kappa shape index (κ3) is 5.50. The van der Waals surface area contributed by atoms with E-state index in [1.165, 1.54) is 16.7 Å². The molecular formula is C21H28N2O. The number of nitrogens with zero attached hydrogens (tertiary/aromatic N) is 1. The van der Waals surface area contributed by atoms with Crippen molar-refractivity contribution in [3.63, 3.8) is 0 Å². The fourth-order valence-electron chi connectivity index (χ4n) is 2.78. The first-order chi connectivity index (χ1) is 11.6. The zero-order valence-electron chi connectivity index (χ0n) is 15.0. The molecule has 2 rings (SSSR count). The van der Waals surface area contributed by atoms with Gasteiger partial charge in [-0.1, -0.05) is 61.5 Å². The van der Waals surface area contributed by atoms with Crippen LogP contribution in [0.2, 0.25) is 0 Å². The van der Waals surface area contributed by atoms with Crippen LogP contribution in [0.4, 0.5) is 0 Å². The van der Waals surface area contributed by atoms with Gasteiger partial charge in [-0.15, -0.1) is 0 Å². The first-order valence-electron chi connectivity index (χ1n) is 8.66. The van der Waals surface area contributed by atoms with Crippen molar-refractivity contribution >= 4 is 5.91 Å². The predicted octanol–water partition coefficient (Wildman–Crippen LogP) is 3.60. The summed E-state index contributed by atoms with van der Waals surface area (Å²) < 4.78 is 0. The summed E-state index contributed by atoms with van der Waals surface area (Å²) in [6, 6.07) is 19.0. The summed E-state index contributed by atoms with van der Waals surface area (Å²) in [6.45, 7) is 2.79. The summed E-state index contributed by atoms with van der Waals surface area (Å²) in [4.78, 5) is 14.3. The van der Waals surface area contributed by atoms with E-state index in [9.17, 15) is 4.79 Å². The third-order valence-electron chi connectivity index (χ3n) is 4.37.